The van der Waals surface area contributed by atoms with Gasteiger partial charge in [0.15, 0.2) is 5.13 Å². The Hall–Kier alpha value is -2.13. The normalized spacial score (nSPS) is 16.7. The van der Waals surface area contributed by atoms with Crippen LogP contribution in [0.5, 0.6) is 0 Å². The van der Waals surface area contributed by atoms with Crippen molar-refractivity contribution in [3.8, 4) is 11.2 Å². The van der Waals surface area contributed by atoms with E-state index in [1.54, 1.807) is 6.20 Å². The molecule has 0 atom stereocenters. The summed E-state index contributed by atoms with van der Waals surface area (Å²) in [6, 6.07) is 4.21. The van der Waals surface area contributed by atoms with Gasteiger partial charge in [0.05, 0.1) is 11.6 Å². The number of thiazole rings is 1. The van der Waals surface area contributed by atoms with E-state index in [2.05, 4.69) is 16.4 Å². The lowest BCUT2D eigenvalue weighted by atomic mass is 9.82. The Kier molecular flexibility index (Phi) is 4.22. The highest BCUT2D eigenvalue weighted by Crippen LogP contribution is 2.29. The van der Waals surface area contributed by atoms with Gasteiger partial charge in [0.25, 0.3) is 5.91 Å². The number of amides is 1. The quantitative estimate of drug-likeness (QED) is 0.937. The van der Waals surface area contributed by atoms with Crippen LogP contribution in [-0.2, 0) is 0 Å². The van der Waals surface area contributed by atoms with E-state index < -0.39 is 5.54 Å². The van der Waals surface area contributed by atoms with Gasteiger partial charge in [0.1, 0.15) is 5.54 Å². The summed E-state index contributed by atoms with van der Waals surface area (Å²) < 4.78 is 1.99. The Bertz CT molecular complexity index is 748. The molecule has 0 unspecified atom stereocenters. The van der Waals surface area contributed by atoms with E-state index in [1.165, 1.54) is 11.3 Å². The van der Waals surface area contributed by atoms with E-state index in [-0.39, 0.29) is 5.91 Å². The molecule has 0 bridgehead atoms. The van der Waals surface area contributed by atoms with Crippen molar-refractivity contribution in [1.82, 2.24) is 14.9 Å². The second-order valence-corrected chi connectivity index (χ2v) is 7.02. The number of hydrogen-bond donors (Lipinski definition) is 1. The van der Waals surface area contributed by atoms with Crippen molar-refractivity contribution in [2.24, 2.45) is 0 Å². The molecule has 1 aliphatic rings. The highest BCUT2D eigenvalue weighted by Gasteiger charge is 2.34. The molecule has 0 aliphatic heterocycles. The van der Waals surface area contributed by atoms with Gasteiger partial charge < -0.3 is 5.32 Å². The Labute approximate surface area is 140 Å². The fourth-order valence-electron chi connectivity index (χ4n) is 3.32. The van der Waals surface area contributed by atoms with Gasteiger partial charge >= 0.3 is 0 Å². The number of carbonyl (C=O) groups is 1. The molecular weight excluding hydrogens is 308 g/mol. The third-order valence-corrected chi connectivity index (χ3v) is 5.32. The molecular formula is C17H20N4OS. The van der Waals surface area contributed by atoms with Crippen LogP contribution in [0.1, 0.15) is 53.8 Å². The number of hydrogen-bond acceptors (Lipinski definition) is 4. The SMILES string of the molecule is Cc1cc(C(=O)NC2(C#N)CCCCC2)c(C)n1-c1nccs1. The van der Waals surface area contributed by atoms with Crippen molar-refractivity contribution in [2.45, 2.75) is 51.5 Å². The molecule has 1 fully saturated rings. The van der Waals surface area contributed by atoms with Crippen LogP contribution in [0.3, 0.4) is 0 Å². The lowest BCUT2D eigenvalue weighted by Gasteiger charge is -2.31. The summed E-state index contributed by atoms with van der Waals surface area (Å²) in [5.74, 6) is -0.163. The third kappa shape index (κ3) is 2.89. The van der Waals surface area contributed by atoms with Crippen molar-refractivity contribution >= 4 is 17.2 Å². The maximum Gasteiger partial charge on any atom is 0.254 e. The standard InChI is InChI=1S/C17H20N4OS/c1-12-10-14(13(2)21(12)16-19-8-9-23-16)15(22)20-17(11-18)6-4-3-5-7-17/h8-10H,3-7H2,1-2H3,(H,20,22). The fraction of sp³-hybridized carbons (Fsp3) is 0.471. The average molecular weight is 328 g/mol. The zero-order valence-electron chi connectivity index (χ0n) is 13.4. The summed E-state index contributed by atoms with van der Waals surface area (Å²) in [4.78, 5) is 17.1. The van der Waals surface area contributed by atoms with Crippen LogP contribution in [0, 0.1) is 25.2 Å². The van der Waals surface area contributed by atoms with Gasteiger partial charge in [0.2, 0.25) is 0 Å². The zero-order chi connectivity index (χ0) is 16.4. The lowest BCUT2D eigenvalue weighted by Crippen LogP contribution is -2.48. The van der Waals surface area contributed by atoms with Gasteiger partial charge in [-0.3, -0.25) is 9.36 Å². The summed E-state index contributed by atoms with van der Waals surface area (Å²) in [5.41, 5.74) is 1.74. The molecule has 1 aliphatic carbocycles. The summed E-state index contributed by atoms with van der Waals surface area (Å²) in [6.07, 6.45) is 6.35. The second-order valence-electron chi connectivity index (χ2n) is 6.14. The van der Waals surface area contributed by atoms with Crippen LogP contribution in [0.4, 0.5) is 0 Å². The molecule has 3 rings (SSSR count). The first-order valence-corrected chi connectivity index (χ1v) is 8.77. The number of nitriles is 1. The van der Waals surface area contributed by atoms with Gasteiger partial charge in [0, 0.05) is 23.0 Å². The van der Waals surface area contributed by atoms with Gasteiger partial charge in [-0.05, 0) is 32.8 Å². The first-order chi connectivity index (χ1) is 11.1. The number of aryl methyl sites for hydroxylation is 1. The van der Waals surface area contributed by atoms with Crippen LogP contribution in [0.15, 0.2) is 17.6 Å². The first-order valence-electron chi connectivity index (χ1n) is 7.89. The summed E-state index contributed by atoms with van der Waals surface area (Å²) in [5, 5.41) is 15.3. The van der Waals surface area contributed by atoms with Crippen molar-refractivity contribution in [3.05, 3.63) is 34.6 Å². The van der Waals surface area contributed by atoms with Crippen molar-refractivity contribution in [1.29, 1.82) is 5.26 Å². The minimum atomic E-state index is -0.709. The Morgan fingerprint density at radius 1 is 1.39 bits per heavy atom. The maximum atomic E-state index is 12.7. The predicted octanol–water partition coefficient (Wildman–Crippen LogP) is 3.51. The summed E-state index contributed by atoms with van der Waals surface area (Å²) in [7, 11) is 0. The van der Waals surface area contributed by atoms with E-state index in [4.69, 9.17) is 0 Å². The Balaban J connectivity index is 1.89. The maximum absolute atomic E-state index is 12.7. The number of aromatic nitrogens is 2. The molecule has 0 saturated heterocycles. The molecule has 1 amide bonds. The summed E-state index contributed by atoms with van der Waals surface area (Å²) >= 11 is 1.54. The average Bonchev–Trinajstić information content (AvgIpc) is 3.16. The molecule has 2 heterocycles. The van der Waals surface area contributed by atoms with E-state index in [0.717, 1.165) is 48.6 Å². The Morgan fingerprint density at radius 2 is 2.13 bits per heavy atom. The van der Waals surface area contributed by atoms with Gasteiger partial charge in [-0.2, -0.15) is 5.26 Å². The highest BCUT2D eigenvalue weighted by molar-refractivity contribution is 7.12. The van der Waals surface area contributed by atoms with Gasteiger partial charge in [-0.25, -0.2) is 4.98 Å². The van der Waals surface area contributed by atoms with E-state index in [1.807, 2.05) is 29.9 Å². The predicted molar refractivity (Wildman–Crippen MR) is 89.8 cm³/mol. The molecule has 120 valence electrons. The van der Waals surface area contributed by atoms with E-state index in [9.17, 15) is 10.1 Å². The largest absolute Gasteiger partial charge is 0.334 e. The minimum absolute atomic E-state index is 0.163. The van der Waals surface area contributed by atoms with Crippen molar-refractivity contribution in [2.75, 3.05) is 0 Å². The Morgan fingerprint density at radius 3 is 2.74 bits per heavy atom. The highest BCUT2D eigenvalue weighted by atomic mass is 32.1. The molecule has 5 nitrogen and oxygen atoms in total. The smallest absolute Gasteiger partial charge is 0.254 e. The molecule has 0 spiro atoms. The first kappa shape index (κ1) is 15.8. The molecule has 23 heavy (non-hydrogen) atoms. The number of nitrogens with zero attached hydrogens (tertiary/aromatic N) is 3. The number of carbonyl (C=O) groups excluding carboxylic acids is 1. The summed E-state index contributed by atoms with van der Waals surface area (Å²) in [6.45, 7) is 3.88. The molecule has 2 aromatic rings. The van der Waals surface area contributed by atoms with E-state index >= 15 is 0 Å². The van der Waals surface area contributed by atoms with E-state index in [0.29, 0.717) is 5.56 Å². The van der Waals surface area contributed by atoms with Crippen LogP contribution in [-0.4, -0.2) is 21.0 Å². The zero-order valence-corrected chi connectivity index (χ0v) is 14.2. The van der Waals surface area contributed by atoms with Gasteiger partial charge in [-0.15, -0.1) is 11.3 Å². The van der Waals surface area contributed by atoms with Crippen molar-refractivity contribution < 1.29 is 4.79 Å². The van der Waals surface area contributed by atoms with Crippen LogP contribution >= 0.6 is 11.3 Å². The van der Waals surface area contributed by atoms with Gasteiger partial charge in [-0.1, -0.05) is 19.3 Å². The van der Waals surface area contributed by atoms with Crippen LogP contribution < -0.4 is 5.32 Å². The lowest BCUT2D eigenvalue weighted by molar-refractivity contribution is 0.0902. The van der Waals surface area contributed by atoms with Crippen LogP contribution in [0.2, 0.25) is 0 Å². The molecule has 0 radical (unpaired) electrons. The second kappa shape index (κ2) is 6.17. The molecule has 1 saturated carbocycles. The number of rotatable bonds is 3. The van der Waals surface area contributed by atoms with Crippen LogP contribution in [0.25, 0.3) is 5.13 Å². The van der Waals surface area contributed by atoms with Crippen molar-refractivity contribution in [3.63, 3.8) is 0 Å². The molecule has 6 heteroatoms. The third-order valence-electron chi connectivity index (χ3n) is 4.56. The molecule has 0 aromatic carbocycles. The molecule has 2 aromatic heterocycles. The fourth-order valence-corrected chi connectivity index (χ4v) is 4.07. The minimum Gasteiger partial charge on any atom is -0.334 e. The number of nitrogens with one attached hydrogen (secondary N) is 1. The topological polar surface area (TPSA) is 70.7 Å². The monoisotopic (exact) mass is 328 g/mol. The molecule has 1 N–H and O–H groups in total.